The second-order valence-corrected chi connectivity index (χ2v) is 5.48. The summed E-state index contributed by atoms with van der Waals surface area (Å²) in [5.41, 5.74) is 0.445. The number of thioether (sulfide) groups is 1. The molecule has 2 rings (SSSR count). The van der Waals surface area contributed by atoms with E-state index in [2.05, 4.69) is 5.32 Å². The molecule has 1 aliphatic heterocycles. The fraction of sp³-hybridized carbons (Fsp3) is 0.385. The van der Waals surface area contributed by atoms with Crippen LogP contribution in [0.1, 0.15) is 12.8 Å². The second-order valence-electron chi connectivity index (χ2n) is 4.42. The number of aliphatic carboxylic acids is 1. The van der Waals surface area contributed by atoms with Gasteiger partial charge >= 0.3 is 5.97 Å². The molecule has 0 bridgehead atoms. The fourth-order valence-corrected chi connectivity index (χ4v) is 2.45. The summed E-state index contributed by atoms with van der Waals surface area (Å²) >= 11 is 0.419. The highest BCUT2D eigenvalue weighted by Crippen LogP contribution is 2.26. The van der Waals surface area contributed by atoms with Crippen LogP contribution in [0.4, 0.5) is 14.5 Å². The summed E-state index contributed by atoms with van der Waals surface area (Å²) in [4.78, 5) is 23.0. The highest BCUT2D eigenvalue weighted by atomic mass is 32.2. The van der Waals surface area contributed by atoms with Crippen molar-refractivity contribution in [1.29, 1.82) is 0 Å². The smallest absolute Gasteiger partial charge is 0.332 e. The normalized spacial score (nSPS) is 21.5. The Bertz CT molecular complexity index is 523. The fourth-order valence-electron chi connectivity index (χ4n) is 1.95. The third-order valence-corrected chi connectivity index (χ3v) is 3.66. The lowest BCUT2D eigenvalue weighted by atomic mass is 10.2. The zero-order valence-electron chi connectivity index (χ0n) is 10.8. The lowest BCUT2D eigenvalue weighted by Gasteiger charge is -2.12. The summed E-state index contributed by atoms with van der Waals surface area (Å²) in [6.45, 7) is 0. The lowest BCUT2D eigenvalue weighted by molar-refractivity contribution is -0.150. The molecule has 2 unspecified atom stereocenters. The quantitative estimate of drug-likeness (QED) is 0.816. The van der Waals surface area contributed by atoms with E-state index >= 15 is 0 Å². The first-order valence-corrected chi connectivity index (χ1v) is 7.07. The first-order valence-electron chi connectivity index (χ1n) is 6.19. The maximum Gasteiger partial charge on any atom is 0.332 e. The molecule has 1 aliphatic rings. The van der Waals surface area contributed by atoms with Crippen LogP contribution in [0.3, 0.4) is 0 Å². The summed E-state index contributed by atoms with van der Waals surface area (Å²) < 4.78 is 29.5. The molecule has 0 aromatic heterocycles. The van der Waals surface area contributed by atoms with E-state index in [1.54, 1.807) is 0 Å². The van der Waals surface area contributed by atoms with Crippen molar-refractivity contribution in [3.63, 3.8) is 0 Å². The average Bonchev–Trinajstić information content (AvgIpc) is 2.90. The number of amides is 1. The van der Waals surface area contributed by atoms with E-state index in [0.717, 1.165) is 0 Å². The first-order chi connectivity index (χ1) is 9.95. The molecule has 1 heterocycles. The van der Waals surface area contributed by atoms with Crippen molar-refractivity contribution in [1.82, 2.24) is 0 Å². The molecule has 5 nitrogen and oxygen atoms in total. The van der Waals surface area contributed by atoms with E-state index < -0.39 is 29.8 Å². The number of halogens is 2. The van der Waals surface area contributed by atoms with Gasteiger partial charge in [-0.1, -0.05) is 11.8 Å². The maximum absolute atomic E-state index is 12.2. The highest BCUT2D eigenvalue weighted by Gasteiger charge is 2.34. The topological polar surface area (TPSA) is 75.6 Å². The van der Waals surface area contributed by atoms with Crippen LogP contribution < -0.4 is 5.32 Å². The van der Waals surface area contributed by atoms with Crippen LogP contribution in [0.25, 0.3) is 0 Å². The molecule has 1 aromatic rings. The molecule has 21 heavy (non-hydrogen) atoms. The van der Waals surface area contributed by atoms with Crippen molar-refractivity contribution < 1.29 is 28.2 Å². The van der Waals surface area contributed by atoms with Crippen LogP contribution in [0.2, 0.25) is 0 Å². The van der Waals surface area contributed by atoms with Gasteiger partial charge in [-0.2, -0.15) is 8.78 Å². The van der Waals surface area contributed by atoms with E-state index in [4.69, 9.17) is 9.84 Å². The Labute approximate surface area is 123 Å². The number of carbonyl (C=O) groups is 2. The molecule has 0 aliphatic carbocycles. The van der Waals surface area contributed by atoms with E-state index in [9.17, 15) is 18.4 Å². The van der Waals surface area contributed by atoms with E-state index in [1.807, 2.05) is 0 Å². The van der Waals surface area contributed by atoms with Gasteiger partial charge in [-0.25, -0.2) is 4.79 Å². The van der Waals surface area contributed by atoms with Crippen molar-refractivity contribution in [2.75, 3.05) is 5.32 Å². The van der Waals surface area contributed by atoms with Gasteiger partial charge in [0.25, 0.3) is 11.7 Å². The molecule has 1 saturated heterocycles. The Kier molecular flexibility index (Phi) is 5.13. The monoisotopic (exact) mass is 317 g/mol. The summed E-state index contributed by atoms with van der Waals surface area (Å²) in [7, 11) is 0. The Morgan fingerprint density at radius 2 is 1.86 bits per heavy atom. The predicted molar refractivity (Wildman–Crippen MR) is 72.5 cm³/mol. The summed E-state index contributed by atoms with van der Waals surface area (Å²) in [6, 6.07) is 5.96. The third-order valence-electron chi connectivity index (χ3n) is 2.93. The van der Waals surface area contributed by atoms with E-state index in [-0.39, 0.29) is 6.42 Å². The number of alkyl halides is 2. The van der Waals surface area contributed by atoms with Gasteiger partial charge in [-0.15, -0.1) is 0 Å². The molecule has 2 N–H and O–H groups in total. The first kappa shape index (κ1) is 15.7. The Morgan fingerprint density at radius 1 is 1.24 bits per heavy atom. The van der Waals surface area contributed by atoms with Gasteiger partial charge in [0.2, 0.25) is 0 Å². The molecular formula is C13H13F2NO4S. The zero-order chi connectivity index (χ0) is 15.4. The van der Waals surface area contributed by atoms with Crippen molar-refractivity contribution in [3.05, 3.63) is 24.3 Å². The standard InChI is InChI=1S/C13H13F2NO4S/c14-13(15)21-8-3-1-7(2-4-8)16-11(17)9-5-6-10(20-9)12(18)19/h1-4,9-10,13H,5-6H2,(H,16,17)(H,18,19). The zero-order valence-corrected chi connectivity index (χ0v) is 11.6. The van der Waals surface area contributed by atoms with E-state index in [1.165, 1.54) is 24.3 Å². The molecule has 1 fully saturated rings. The number of hydrogen-bond acceptors (Lipinski definition) is 4. The van der Waals surface area contributed by atoms with E-state index in [0.29, 0.717) is 28.8 Å². The number of rotatable bonds is 5. The van der Waals surface area contributed by atoms with Gasteiger partial charge in [0.15, 0.2) is 6.10 Å². The Balaban J connectivity index is 1.89. The number of hydrogen-bond donors (Lipinski definition) is 2. The molecule has 114 valence electrons. The van der Waals surface area contributed by atoms with Gasteiger partial charge in [0, 0.05) is 10.6 Å². The van der Waals surface area contributed by atoms with Crippen molar-refractivity contribution in [3.8, 4) is 0 Å². The second kappa shape index (κ2) is 6.86. The van der Waals surface area contributed by atoms with Crippen LogP contribution >= 0.6 is 11.8 Å². The molecule has 0 spiro atoms. The lowest BCUT2D eigenvalue weighted by Crippen LogP contribution is -2.29. The third kappa shape index (κ3) is 4.40. The Hall–Kier alpha value is -1.67. The van der Waals surface area contributed by atoms with Gasteiger partial charge < -0.3 is 15.2 Å². The Morgan fingerprint density at radius 3 is 2.38 bits per heavy atom. The van der Waals surface area contributed by atoms with Crippen LogP contribution in [-0.2, 0) is 14.3 Å². The van der Waals surface area contributed by atoms with Gasteiger partial charge in [-0.05, 0) is 37.1 Å². The number of carboxylic acids is 1. The molecule has 2 atom stereocenters. The minimum Gasteiger partial charge on any atom is -0.479 e. The molecule has 8 heteroatoms. The number of carbonyl (C=O) groups excluding carboxylic acids is 1. The molecule has 0 saturated carbocycles. The molecular weight excluding hydrogens is 304 g/mol. The maximum atomic E-state index is 12.2. The summed E-state index contributed by atoms with van der Waals surface area (Å²) in [5.74, 6) is -4.02. The summed E-state index contributed by atoms with van der Waals surface area (Å²) in [6.07, 6.45) is -1.13. The number of nitrogens with one attached hydrogen (secondary N) is 1. The average molecular weight is 317 g/mol. The molecule has 1 amide bonds. The SMILES string of the molecule is O=C(O)C1CCC(C(=O)Nc2ccc(SC(F)F)cc2)O1. The molecule has 1 aromatic carbocycles. The number of ether oxygens (including phenoxy) is 1. The minimum absolute atomic E-state index is 0.289. The molecule has 0 radical (unpaired) electrons. The van der Waals surface area contributed by atoms with Gasteiger partial charge in [0.1, 0.15) is 6.10 Å². The van der Waals surface area contributed by atoms with Crippen LogP contribution in [0, 0.1) is 0 Å². The van der Waals surface area contributed by atoms with Gasteiger partial charge in [0.05, 0.1) is 0 Å². The minimum atomic E-state index is -2.50. The highest BCUT2D eigenvalue weighted by molar-refractivity contribution is 7.99. The predicted octanol–water partition coefficient (Wildman–Crippen LogP) is 2.57. The number of benzene rings is 1. The van der Waals surface area contributed by atoms with Gasteiger partial charge in [-0.3, -0.25) is 4.79 Å². The summed E-state index contributed by atoms with van der Waals surface area (Å²) in [5, 5.41) is 11.4. The number of anilines is 1. The van der Waals surface area contributed by atoms with Crippen LogP contribution in [0.15, 0.2) is 29.2 Å². The largest absolute Gasteiger partial charge is 0.479 e. The van der Waals surface area contributed by atoms with Crippen molar-refractivity contribution in [2.45, 2.75) is 35.7 Å². The van der Waals surface area contributed by atoms with Crippen LogP contribution in [0.5, 0.6) is 0 Å². The van der Waals surface area contributed by atoms with Crippen molar-refractivity contribution >= 4 is 29.3 Å². The van der Waals surface area contributed by atoms with Crippen LogP contribution in [-0.4, -0.2) is 34.9 Å². The number of carboxylic acid groups (broad SMARTS) is 1. The van der Waals surface area contributed by atoms with Crippen molar-refractivity contribution in [2.24, 2.45) is 0 Å².